The highest BCUT2D eigenvalue weighted by molar-refractivity contribution is 5.83. The van der Waals surface area contributed by atoms with Crippen LogP contribution in [0.15, 0.2) is 42.2 Å². The van der Waals surface area contributed by atoms with Crippen molar-refractivity contribution in [3.63, 3.8) is 0 Å². The second-order valence-corrected chi connectivity index (χ2v) is 4.43. The minimum absolute atomic E-state index is 0.0312. The van der Waals surface area contributed by atoms with Gasteiger partial charge < -0.3 is 9.47 Å². The first-order valence-corrected chi connectivity index (χ1v) is 5.66. The molecule has 0 bridgehead atoms. The standard InChI is InChI=1S/C14H16O3/c1-10-9-13(15)17-14(3,16-10)11(2)12-7-5-4-6-8-12/h4-9,11H,1-3H3/t11-,14-/m1/s1. The summed E-state index contributed by atoms with van der Waals surface area (Å²) in [4.78, 5) is 11.4. The zero-order valence-electron chi connectivity index (χ0n) is 10.3. The Labute approximate surface area is 101 Å². The van der Waals surface area contributed by atoms with Gasteiger partial charge in [-0.2, -0.15) is 0 Å². The van der Waals surface area contributed by atoms with Crippen LogP contribution >= 0.6 is 0 Å². The largest absolute Gasteiger partial charge is 0.456 e. The van der Waals surface area contributed by atoms with Gasteiger partial charge in [-0.3, -0.25) is 0 Å². The molecule has 3 heteroatoms. The van der Waals surface area contributed by atoms with E-state index in [0.717, 1.165) is 5.56 Å². The van der Waals surface area contributed by atoms with Crippen molar-refractivity contribution in [3.8, 4) is 0 Å². The third-order valence-corrected chi connectivity index (χ3v) is 3.07. The summed E-state index contributed by atoms with van der Waals surface area (Å²) < 4.78 is 11.0. The number of allylic oxidation sites excluding steroid dienone is 1. The molecule has 1 aromatic rings. The monoisotopic (exact) mass is 232 g/mol. The Morgan fingerprint density at radius 1 is 1.18 bits per heavy atom. The van der Waals surface area contributed by atoms with Gasteiger partial charge in [-0.1, -0.05) is 37.3 Å². The van der Waals surface area contributed by atoms with Gasteiger partial charge in [0, 0.05) is 6.92 Å². The van der Waals surface area contributed by atoms with Crippen molar-refractivity contribution in [3.05, 3.63) is 47.7 Å². The molecule has 0 unspecified atom stereocenters. The van der Waals surface area contributed by atoms with Gasteiger partial charge in [-0.25, -0.2) is 4.79 Å². The molecular weight excluding hydrogens is 216 g/mol. The predicted octanol–water partition coefficient (Wildman–Crippen LogP) is 2.98. The molecule has 0 saturated heterocycles. The second kappa shape index (κ2) is 4.24. The minimum atomic E-state index is -0.933. The SMILES string of the molecule is CC1=CC(=O)O[C@](C)([C@H](C)c2ccccc2)O1. The summed E-state index contributed by atoms with van der Waals surface area (Å²) >= 11 is 0. The highest BCUT2D eigenvalue weighted by Gasteiger charge is 2.40. The molecule has 3 nitrogen and oxygen atoms in total. The van der Waals surface area contributed by atoms with Crippen LogP contribution in [-0.2, 0) is 14.3 Å². The van der Waals surface area contributed by atoms with Crippen molar-refractivity contribution < 1.29 is 14.3 Å². The van der Waals surface area contributed by atoms with Crippen LogP contribution in [0.5, 0.6) is 0 Å². The number of cyclic esters (lactones) is 1. The van der Waals surface area contributed by atoms with Gasteiger partial charge in [0.05, 0.1) is 12.0 Å². The molecule has 1 aliphatic heterocycles. The molecule has 2 rings (SSSR count). The molecule has 1 heterocycles. The topological polar surface area (TPSA) is 35.5 Å². The summed E-state index contributed by atoms with van der Waals surface area (Å²) in [6, 6.07) is 9.88. The average molecular weight is 232 g/mol. The molecule has 0 aromatic heterocycles. The van der Waals surface area contributed by atoms with E-state index in [4.69, 9.17) is 9.47 Å². The van der Waals surface area contributed by atoms with E-state index in [9.17, 15) is 4.79 Å². The number of carbonyl (C=O) groups is 1. The van der Waals surface area contributed by atoms with Gasteiger partial charge in [0.1, 0.15) is 5.76 Å². The number of benzene rings is 1. The third-order valence-electron chi connectivity index (χ3n) is 3.07. The lowest BCUT2D eigenvalue weighted by atomic mass is 9.93. The van der Waals surface area contributed by atoms with Crippen molar-refractivity contribution in [1.82, 2.24) is 0 Å². The molecule has 0 aliphatic carbocycles. The minimum Gasteiger partial charge on any atom is -0.456 e. The summed E-state index contributed by atoms with van der Waals surface area (Å²) in [7, 11) is 0. The molecule has 2 atom stereocenters. The summed E-state index contributed by atoms with van der Waals surface area (Å²) in [5.74, 6) is -0.723. The maximum absolute atomic E-state index is 11.4. The second-order valence-electron chi connectivity index (χ2n) is 4.43. The number of hydrogen-bond acceptors (Lipinski definition) is 3. The van der Waals surface area contributed by atoms with Crippen LogP contribution in [0.1, 0.15) is 32.3 Å². The summed E-state index contributed by atoms with van der Waals surface area (Å²) in [6.45, 7) is 5.54. The van der Waals surface area contributed by atoms with E-state index in [-0.39, 0.29) is 11.9 Å². The Hall–Kier alpha value is -1.77. The number of hydrogen-bond donors (Lipinski definition) is 0. The molecule has 0 spiro atoms. The third kappa shape index (κ3) is 2.33. The molecule has 0 amide bonds. The quantitative estimate of drug-likeness (QED) is 0.735. The van der Waals surface area contributed by atoms with Crippen LogP contribution in [0.4, 0.5) is 0 Å². The Morgan fingerprint density at radius 3 is 2.41 bits per heavy atom. The Balaban J connectivity index is 2.28. The molecular formula is C14H16O3. The van der Waals surface area contributed by atoms with E-state index in [1.165, 1.54) is 6.08 Å². The van der Waals surface area contributed by atoms with Gasteiger partial charge in [0.15, 0.2) is 0 Å². The van der Waals surface area contributed by atoms with Crippen molar-refractivity contribution in [2.75, 3.05) is 0 Å². The summed E-state index contributed by atoms with van der Waals surface area (Å²) in [5, 5.41) is 0. The Bertz CT molecular complexity index is 450. The van der Waals surface area contributed by atoms with E-state index in [1.54, 1.807) is 13.8 Å². The molecule has 1 aromatic carbocycles. The number of ether oxygens (including phenoxy) is 2. The lowest BCUT2D eigenvalue weighted by molar-refractivity contribution is -0.220. The maximum atomic E-state index is 11.4. The normalized spacial score (nSPS) is 25.6. The fourth-order valence-corrected chi connectivity index (χ4v) is 1.99. The molecule has 0 fully saturated rings. The van der Waals surface area contributed by atoms with Crippen molar-refractivity contribution in [2.24, 2.45) is 0 Å². The lowest BCUT2D eigenvalue weighted by Gasteiger charge is -2.37. The molecule has 17 heavy (non-hydrogen) atoms. The number of carbonyl (C=O) groups excluding carboxylic acids is 1. The Morgan fingerprint density at radius 2 is 1.82 bits per heavy atom. The molecule has 0 N–H and O–H groups in total. The summed E-state index contributed by atoms with van der Waals surface area (Å²) in [6.07, 6.45) is 1.36. The van der Waals surface area contributed by atoms with E-state index in [1.807, 2.05) is 37.3 Å². The van der Waals surface area contributed by atoms with E-state index in [0.29, 0.717) is 5.76 Å². The van der Waals surface area contributed by atoms with Crippen LogP contribution in [0.25, 0.3) is 0 Å². The lowest BCUT2D eigenvalue weighted by Crippen LogP contribution is -2.41. The fourth-order valence-electron chi connectivity index (χ4n) is 1.99. The first-order chi connectivity index (χ1) is 8.01. The van der Waals surface area contributed by atoms with Crippen LogP contribution in [0.2, 0.25) is 0 Å². The van der Waals surface area contributed by atoms with E-state index >= 15 is 0 Å². The highest BCUT2D eigenvalue weighted by Crippen LogP contribution is 2.36. The smallest absolute Gasteiger partial charge is 0.337 e. The van der Waals surface area contributed by atoms with Crippen LogP contribution in [0.3, 0.4) is 0 Å². The number of rotatable bonds is 2. The average Bonchev–Trinajstić information content (AvgIpc) is 2.27. The highest BCUT2D eigenvalue weighted by atomic mass is 16.7. The Kier molecular flexibility index (Phi) is 2.92. The van der Waals surface area contributed by atoms with Gasteiger partial charge in [0.2, 0.25) is 0 Å². The number of esters is 1. The first kappa shape index (κ1) is 11.7. The van der Waals surface area contributed by atoms with Crippen LogP contribution in [0, 0.1) is 0 Å². The maximum Gasteiger partial charge on any atom is 0.337 e. The first-order valence-electron chi connectivity index (χ1n) is 5.66. The van der Waals surface area contributed by atoms with Crippen LogP contribution in [-0.4, -0.2) is 11.8 Å². The molecule has 0 saturated carbocycles. The van der Waals surface area contributed by atoms with Crippen molar-refractivity contribution in [2.45, 2.75) is 32.5 Å². The van der Waals surface area contributed by atoms with Gasteiger partial charge in [-0.15, -0.1) is 0 Å². The van der Waals surface area contributed by atoms with Gasteiger partial charge >= 0.3 is 5.97 Å². The predicted molar refractivity (Wildman–Crippen MR) is 64.2 cm³/mol. The van der Waals surface area contributed by atoms with Gasteiger partial charge in [-0.05, 0) is 12.5 Å². The van der Waals surface area contributed by atoms with Crippen LogP contribution < -0.4 is 0 Å². The van der Waals surface area contributed by atoms with Gasteiger partial charge in [0.25, 0.3) is 5.79 Å². The molecule has 1 aliphatic rings. The van der Waals surface area contributed by atoms with Crippen molar-refractivity contribution in [1.29, 1.82) is 0 Å². The zero-order valence-corrected chi connectivity index (χ0v) is 10.3. The summed E-state index contributed by atoms with van der Waals surface area (Å²) in [5.41, 5.74) is 1.08. The van der Waals surface area contributed by atoms with Crippen molar-refractivity contribution >= 4 is 5.97 Å². The fraction of sp³-hybridized carbons (Fsp3) is 0.357. The van der Waals surface area contributed by atoms with E-state index < -0.39 is 5.79 Å². The molecule has 0 radical (unpaired) electrons. The van der Waals surface area contributed by atoms with E-state index in [2.05, 4.69) is 0 Å². The molecule has 90 valence electrons. The zero-order chi connectivity index (χ0) is 12.5.